The van der Waals surface area contributed by atoms with Crippen LogP contribution in [-0.4, -0.2) is 27.1 Å². The van der Waals surface area contributed by atoms with Crippen molar-refractivity contribution in [1.82, 2.24) is 0 Å². The highest BCUT2D eigenvalue weighted by molar-refractivity contribution is 8.69. The predicted octanol–water partition coefficient (Wildman–Crippen LogP) is 1.30. The molecule has 0 aliphatic heterocycles. The second-order valence-corrected chi connectivity index (χ2v) is 6.06. The Morgan fingerprint density at radius 1 is 1.21 bits per heavy atom. The molecule has 0 atom stereocenters. The van der Waals surface area contributed by atoms with Crippen molar-refractivity contribution >= 4 is 25.6 Å². The minimum Gasteiger partial charge on any atom is -0.739 e. The zero-order chi connectivity index (χ0) is 10.8. The molecule has 0 fully saturated rings. The predicted molar refractivity (Wildman–Crippen MR) is 56.3 cm³/mol. The molecule has 0 N–H and O–H groups in total. The number of hydrogen-bond acceptors (Lipinski definition) is 5. The summed E-state index contributed by atoms with van der Waals surface area (Å²) >= 11 is 0. The smallest absolute Gasteiger partial charge is 0.153 e. The summed E-state index contributed by atoms with van der Waals surface area (Å²) in [5, 5.41) is 0. The van der Waals surface area contributed by atoms with E-state index in [9.17, 15) is 13.0 Å². The molecule has 78 valence electrons. The molecule has 0 saturated carbocycles. The molecular formula is C8H10NO3S2-. The van der Waals surface area contributed by atoms with Gasteiger partial charge in [0.25, 0.3) is 0 Å². The molecule has 14 heavy (non-hydrogen) atoms. The first-order valence-electron chi connectivity index (χ1n) is 3.81. The Labute approximate surface area is 87.1 Å². The van der Waals surface area contributed by atoms with E-state index in [2.05, 4.69) is 0 Å². The van der Waals surface area contributed by atoms with Gasteiger partial charge >= 0.3 is 0 Å². The van der Waals surface area contributed by atoms with Gasteiger partial charge < -0.3 is 9.45 Å². The molecule has 4 nitrogen and oxygen atoms in total. The second kappa shape index (κ2) is 4.20. The first-order valence-corrected chi connectivity index (χ1v) is 6.55. The Morgan fingerprint density at radius 2 is 1.71 bits per heavy atom. The number of benzene rings is 1. The molecule has 0 heterocycles. The Hall–Kier alpha value is -0.720. The van der Waals surface area contributed by atoms with Gasteiger partial charge in [0, 0.05) is 24.7 Å². The quantitative estimate of drug-likeness (QED) is 0.581. The molecule has 0 radical (unpaired) electrons. The minimum atomic E-state index is -4.26. The van der Waals surface area contributed by atoms with Crippen molar-refractivity contribution in [2.75, 3.05) is 19.0 Å². The molecule has 1 rings (SSSR count). The molecule has 0 aromatic heterocycles. The average Bonchev–Trinajstić information content (AvgIpc) is 2.02. The van der Waals surface area contributed by atoms with E-state index in [0.717, 1.165) is 5.69 Å². The fraction of sp³-hybridized carbons (Fsp3) is 0.250. The summed E-state index contributed by atoms with van der Waals surface area (Å²) in [5.74, 6) is 0. The molecule has 6 heteroatoms. The normalized spacial score (nSPS) is 11.4. The summed E-state index contributed by atoms with van der Waals surface area (Å²) in [5.41, 5.74) is 0.956. The standard InChI is InChI=1S/C8H11NO3S2/c1-9(2)7-3-5-8(6-4-7)13-14(10,11)12/h3-6H,1-2H3,(H,10,11,12)/p-1. The van der Waals surface area contributed by atoms with E-state index in [4.69, 9.17) is 0 Å². The summed E-state index contributed by atoms with van der Waals surface area (Å²) in [7, 11) is -0.175. The second-order valence-electron chi connectivity index (χ2n) is 2.88. The van der Waals surface area contributed by atoms with Crippen LogP contribution >= 0.6 is 10.8 Å². The average molecular weight is 232 g/mol. The van der Waals surface area contributed by atoms with Crippen molar-refractivity contribution in [1.29, 1.82) is 0 Å². The Kier molecular flexibility index (Phi) is 3.41. The lowest BCUT2D eigenvalue weighted by molar-refractivity contribution is 0.482. The highest BCUT2D eigenvalue weighted by atomic mass is 33.1. The van der Waals surface area contributed by atoms with E-state index < -0.39 is 9.15 Å². The third-order valence-corrected chi connectivity index (χ3v) is 3.41. The van der Waals surface area contributed by atoms with Crippen LogP contribution in [-0.2, 0) is 9.15 Å². The van der Waals surface area contributed by atoms with E-state index in [1.165, 1.54) is 0 Å². The van der Waals surface area contributed by atoms with Crippen LogP contribution in [0.1, 0.15) is 0 Å². The highest BCUT2D eigenvalue weighted by Gasteiger charge is 2.00. The lowest BCUT2D eigenvalue weighted by Gasteiger charge is -2.12. The van der Waals surface area contributed by atoms with Crippen molar-refractivity contribution in [2.24, 2.45) is 0 Å². The lowest BCUT2D eigenvalue weighted by atomic mass is 10.3. The molecule has 0 aliphatic rings. The zero-order valence-corrected chi connectivity index (χ0v) is 9.43. The van der Waals surface area contributed by atoms with Crippen LogP contribution in [0, 0.1) is 0 Å². The van der Waals surface area contributed by atoms with Gasteiger partial charge in [0.15, 0.2) is 9.15 Å². The van der Waals surface area contributed by atoms with E-state index >= 15 is 0 Å². The monoisotopic (exact) mass is 232 g/mol. The largest absolute Gasteiger partial charge is 0.739 e. The van der Waals surface area contributed by atoms with Crippen LogP contribution in [0.2, 0.25) is 0 Å². The van der Waals surface area contributed by atoms with E-state index in [-0.39, 0.29) is 0 Å². The van der Waals surface area contributed by atoms with Crippen LogP contribution in [0.15, 0.2) is 29.2 Å². The van der Waals surface area contributed by atoms with Crippen LogP contribution in [0.25, 0.3) is 0 Å². The van der Waals surface area contributed by atoms with Crippen molar-refractivity contribution < 1.29 is 13.0 Å². The fourth-order valence-electron chi connectivity index (χ4n) is 0.918. The van der Waals surface area contributed by atoms with Gasteiger partial charge in [0.2, 0.25) is 0 Å². The molecule has 1 aromatic rings. The maximum atomic E-state index is 10.4. The fourth-order valence-corrected chi connectivity index (χ4v) is 2.44. The number of hydrogen-bond donors (Lipinski definition) is 0. The molecule has 0 bridgehead atoms. The number of rotatable bonds is 3. The van der Waals surface area contributed by atoms with Gasteiger partial charge in [0.05, 0.1) is 0 Å². The van der Waals surface area contributed by atoms with Gasteiger partial charge in [-0.15, -0.1) is 0 Å². The van der Waals surface area contributed by atoms with Crippen LogP contribution < -0.4 is 4.90 Å². The highest BCUT2D eigenvalue weighted by Crippen LogP contribution is 2.24. The molecule has 0 aliphatic carbocycles. The Balaban J connectivity index is 2.84. The maximum Gasteiger partial charge on any atom is 0.153 e. The van der Waals surface area contributed by atoms with Gasteiger partial charge in [-0.25, -0.2) is 8.42 Å². The summed E-state index contributed by atoms with van der Waals surface area (Å²) < 4.78 is 31.2. The van der Waals surface area contributed by atoms with Gasteiger partial charge in [0.1, 0.15) is 0 Å². The molecule has 0 unspecified atom stereocenters. The van der Waals surface area contributed by atoms with Gasteiger partial charge in [-0.05, 0) is 35.1 Å². The minimum absolute atomic E-state index is 0.319. The van der Waals surface area contributed by atoms with E-state index in [1.807, 2.05) is 19.0 Å². The van der Waals surface area contributed by atoms with Crippen molar-refractivity contribution in [3.8, 4) is 0 Å². The van der Waals surface area contributed by atoms with Crippen LogP contribution in [0.4, 0.5) is 5.69 Å². The summed E-state index contributed by atoms with van der Waals surface area (Å²) in [6.07, 6.45) is 0. The number of anilines is 1. The topological polar surface area (TPSA) is 60.4 Å². The third kappa shape index (κ3) is 3.57. The summed E-state index contributed by atoms with van der Waals surface area (Å²) in [4.78, 5) is 2.32. The molecule has 1 aromatic carbocycles. The van der Waals surface area contributed by atoms with Crippen LogP contribution in [0.3, 0.4) is 0 Å². The summed E-state index contributed by atoms with van der Waals surface area (Å²) in [6.45, 7) is 0. The first kappa shape index (κ1) is 11.4. The SMILES string of the molecule is CN(C)c1ccc(SS(=O)(=O)[O-])cc1. The third-order valence-electron chi connectivity index (χ3n) is 1.55. The van der Waals surface area contributed by atoms with Gasteiger partial charge in [-0.2, -0.15) is 0 Å². The maximum absolute atomic E-state index is 10.4. The Morgan fingerprint density at radius 3 is 2.07 bits per heavy atom. The molecule has 0 spiro atoms. The lowest BCUT2D eigenvalue weighted by Crippen LogP contribution is -2.07. The van der Waals surface area contributed by atoms with Crippen molar-refractivity contribution in [3.63, 3.8) is 0 Å². The summed E-state index contributed by atoms with van der Waals surface area (Å²) in [6, 6.07) is 6.73. The molecular weight excluding hydrogens is 222 g/mol. The van der Waals surface area contributed by atoms with Gasteiger partial charge in [-0.1, -0.05) is 0 Å². The molecule has 0 saturated heterocycles. The molecule has 0 amide bonds. The van der Waals surface area contributed by atoms with E-state index in [0.29, 0.717) is 15.7 Å². The van der Waals surface area contributed by atoms with E-state index in [1.54, 1.807) is 24.3 Å². The van der Waals surface area contributed by atoms with Gasteiger partial charge in [-0.3, -0.25) is 0 Å². The van der Waals surface area contributed by atoms with Crippen molar-refractivity contribution in [2.45, 2.75) is 4.90 Å². The number of nitrogens with zero attached hydrogens (tertiary/aromatic N) is 1. The Bertz CT molecular complexity index is 397. The first-order chi connectivity index (χ1) is 6.38. The zero-order valence-electron chi connectivity index (χ0n) is 7.80. The van der Waals surface area contributed by atoms with Crippen molar-refractivity contribution in [3.05, 3.63) is 24.3 Å². The van der Waals surface area contributed by atoms with Crippen LogP contribution in [0.5, 0.6) is 0 Å².